The summed E-state index contributed by atoms with van der Waals surface area (Å²) in [5.74, 6) is -0.577. The molecular formula is C13H11N3O3. The van der Waals surface area contributed by atoms with Crippen molar-refractivity contribution in [1.29, 1.82) is 5.26 Å². The molecule has 0 amide bonds. The molecule has 1 aromatic carbocycles. The summed E-state index contributed by atoms with van der Waals surface area (Å²) in [4.78, 5) is 23.3. The summed E-state index contributed by atoms with van der Waals surface area (Å²) in [7, 11) is 0. The number of carbonyl (C=O) groups excluding carboxylic acids is 1. The molecule has 6 nitrogen and oxygen atoms in total. The van der Waals surface area contributed by atoms with E-state index in [4.69, 9.17) is 10.00 Å². The molecule has 0 atom stereocenters. The second-order valence-electron chi connectivity index (χ2n) is 3.72. The highest BCUT2D eigenvalue weighted by Gasteiger charge is 2.12. The fraction of sp³-hybridized carbons (Fsp3) is 0.154. The zero-order valence-corrected chi connectivity index (χ0v) is 10.2. The molecule has 0 saturated heterocycles. The molecule has 6 heteroatoms. The van der Waals surface area contributed by atoms with Crippen LogP contribution in [0.25, 0.3) is 5.69 Å². The highest BCUT2D eigenvalue weighted by molar-refractivity contribution is 5.87. The normalized spacial score (nSPS) is 9.89. The minimum atomic E-state index is -0.577. The van der Waals surface area contributed by atoms with Crippen LogP contribution in [0.1, 0.15) is 23.0 Å². The average molecular weight is 257 g/mol. The van der Waals surface area contributed by atoms with E-state index in [0.29, 0.717) is 11.3 Å². The summed E-state index contributed by atoms with van der Waals surface area (Å²) in [5.41, 5.74) is 0.762. The van der Waals surface area contributed by atoms with Crippen LogP contribution in [0, 0.1) is 11.3 Å². The van der Waals surface area contributed by atoms with Crippen LogP contribution < -0.4 is 5.56 Å². The third kappa shape index (κ3) is 2.55. The average Bonchev–Trinajstić information content (AvgIpc) is 2.81. The highest BCUT2D eigenvalue weighted by atomic mass is 16.5. The summed E-state index contributed by atoms with van der Waals surface area (Å²) in [5, 5.41) is 11.4. The fourth-order valence-electron chi connectivity index (χ4n) is 1.59. The predicted molar refractivity (Wildman–Crippen MR) is 67.1 cm³/mol. The Morgan fingerprint density at radius 1 is 1.42 bits per heavy atom. The molecule has 0 saturated carbocycles. The van der Waals surface area contributed by atoms with Crippen molar-refractivity contribution in [2.24, 2.45) is 0 Å². The molecule has 2 aromatic rings. The zero-order valence-electron chi connectivity index (χ0n) is 10.2. The predicted octanol–water partition coefficient (Wildman–Crippen LogP) is 1.21. The minimum absolute atomic E-state index is 0.0937. The van der Waals surface area contributed by atoms with E-state index in [1.54, 1.807) is 31.2 Å². The number of hydrogen-bond acceptors (Lipinski definition) is 4. The summed E-state index contributed by atoms with van der Waals surface area (Å²) >= 11 is 0. The van der Waals surface area contributed by atoms with Crippen LogP contribution in [0.3, 0.4) is 0 Å². The number of hydrogen-bond donors (Lipinski definition) is 1. The number of esters is 1. The van der Waals surface area contributed by atoms with Crippen molar-refractivity contribution < 1.29 is 9.53 Å². The maximum Gasteiger partial charge on any atom is 0.356 e. The van der Waals surface area contributed by atoms with Gasteiger partial charge in [-0.1, -0.05) is 0 Å². The quantitative estimate of drug-likeness (QED) is 0.837. The largest absolute Gasteiger partial charge is 0.461 e. The van der Waals surface area contributed by atoms with Crippen LogP contribution >= 0.6 is 0 Å². The Hall–Kier alpha value is -2.81. The van der Waals surface area contributed by atoms with Crippen LogP contribution in [0.2, 0.25) is 0 Å². The van der Waals surface area contributed by atoms with Gasteiger partial charge in [-0.25, -0.2) is 9.48 Å². The molecule has 0 aliphatic carbocycles. The topological polar surface area (TPSA) is 87.9 Å². The molecule has 0 spiro atoms. The number of nitriles is 1. The molecule has 1 N–H and O–H groups in total. The van der Waals surface area contributed by atoms with E-state index < -0.39 is 5.97 Å². The molecule has 2 rings (SSSR count). The van der Waals surface area contributed by atoms with Crippen molar-refractivity contribution in [3.8, 4) is 11.8 Å². The van der Waals surface area contributed by atoms with E-state index in [-0.39, 0.29) is 17.9 Å². The molecule has 96 valence electrons. The fourth-order valence-corrected chi connectivity index (χ4v) is 1.59. The first-order valence-electron chi connectivity index (χ1n) is 5.65. The van der Waals surface area contributed by atoms with Gasteiger partial charge in [0.1, 0.15) is 5.69 Å². The molecule has 0 unspecified atom stereocenters. The van der Waals surface area contributed by atoms with Gasteiger partial charge >= 0.3 is 5.97 Å². The van der Waals surface area contributed by atoms with Gasteiger partial charge in [0.2, 0.25) is 0 Å². The van der Waals surface area contributed by atoms with Gasteiger partial charge < -0.3 is 4.74 Å². The maximum atomic E-state index is 11.8. The Labute approximate surface area is 108 Å². The monoisotopic (exact) mass is 257 g/mol. The van der Waals surface area contributed by atoms with Gasteiger partial charge in [-0.05, 0) is 31.2 Å². The summed E-state index contributed by atoms with van der Waals surface area (Å²) in [6, 6.07) is 9.58. The Kier molecular flexibility index (Phi) is 3.48. The van der Waals surface area contributed by atoms with E-state index in [9.17, 15) is 9.59 Å². The Morgan fingerprint density at radius 2 is 2.11 bits per heavy atom. The smallest absolute Gasteiger partial charge is 0.356 e. The van der Waals surface area contributed by atoms with E-state index >= 15 is 0 Å². The van der Waals surface area contributed by atoms with Gasteiger partial charge in [0.05, 0.1) is 23.9 Å². The van der Waals surface area contributed by atoms with Gasteiger partial charge in [-0.2, -0.15) is 5.26 Å². The van der Waals surface area contributed by atoms with E-state index in [1.165, 1.54) is 10.7 Å². The molecular weight excluding hydrogens is 246 g/mol. The van der Waals surface area contributed by atoms with Crippen molar-refractivity contribution in [3.63, 3.8) is 0 Å². The number of carbonyl (C=O) groups is 1. The number of nitrogens with zero attached hydrogens (tertiary/aromatic N) is 2. The van der Waals surface area contributed by atoms with Crippen LogP contribution in [0.4, 0.5) is 0 Å². The van der Waals surface area contributed by atoms with Gasteiger partial charge in [0.25, 0.3) is 5.56 Å². The van der Waals surface area contributed by atoms with Gasteiger partial charge in [0, 0.05) is 6.07 Å². The lowest BCUT2D eigenvalue weighted by Crippen LogP contribution is -2.13. The first-order chi connectivity index (χ1) is 9.15. The molecule has 0 aliphatic heterocycles. The first-order valence-corrected chi connectivity index (χ1v) is 5.65. The third-order valence-corrected chi connectivity index (χ3v) is 2.47. The lowest BCUT2D eigenvalue weighted by Gasteiger charge is -2.02. The standard InChI is InChI=1S/C13H11N3O3/c1-2-19-13(18)11-7-12(17)16(15-11)10-5-3-9(8-14)4-6-10/h3-7,15H,2H2,1H3. The van der Waals surface area contributed by atoms with Crippen LogP contribution in [-0.4, -0.2) is 22.4 Å². The second-order valence-corrected chi connectivity index (χ2v) is 3.72. The van der Waals surface area contributed by atoms with Crippen molar-refractivity contribution >= 4 is 5.97 Å². The number of rotatable bonds is 3. The van der Waals surface area contributed by atoms with Gasteiger partial charge in [-0.15, -0.1) is 0 Å². The highest BCUT2D eigenvalue weighted by Crippen LogP contribution is 2.07. The van der Waals surface area contributed by atoms with E-state index in [1.807, 2.05) is 6.07 Å². The SMILES string of the molecule is CCOC(=O)c1cc(=O)n(-c2ccc(C#N)cc2)[nH]1. The van der Waals surface area contributed by atoms with Crippen molar-refractivity contribution in [3.05, 3.63) is 51.9 Å². The number of aromatic nitrogens is 2. The maximum absolute atomic E-state index is 11.8. The molecule has 19 heavy (non-hydrogen) atoms. The minimum Gasteiger partial charge on any atom is -0.461 e. The van der Waals surface area contributed by atoms with Crippen molar-refractivity contribution in [2.45, 2.75) is 6.92 Å². The van der Waals surface area contributed by atoms with Crippen LogP contribution in [-0.2, 0) is 4.74 Å². The lowest BCUT2D eigenvalue weighted by molar-refractivity contribution is 0.0519. The number of benzene rings is 1. The van der Waals surface area contributed by atoms with Crippen LogP contribution in [0.5, 0.6) is 0 Å². The van der Waals surface area contributed by atoms with E-state index in [2.05, 4.69) is 5.10 Å². The van der Waals surface area contributed by atoms with Crippen LogP contribution in [0.15, 0.2) is 35.1 Å². The zero-order chi connectivity index (χ0) is 13.8. The Bertz CT molecular complexity index is 689. The number of H-pyrrole nitrogens is 1. The van der Waals surface area contributed by atoms with Gasteiger partial charge in [0.15, 0.2) is 0 Å². The lowest BCUT2D eigenvalue weighted by atomic mass is 10.2. The molecule has 1 aromatic heterocycles. The second kappa shape index (κ2) is 5.23. The summed E-state index contributed by atoms with van der Waals surface area (Å²) in [6.07, 6.45) is 0. The Morgan fingerprint density at radius 3 is 2.68 bits per heavy atom. The molecule has 0 radical (unpaired) electrons. The molecule has 0 bridgehead atoms. The van der Waals surface area contributed by atoms with E-state index in [0.717, 1.165) is 0 Å². The Balaban J connectivity index is 2.37. The van der Waals surface area contributed by atoms with Gasteiger partial charge in [-0.3, -0.25) is 9.89 Å². The number of ether oxygens (including phenoxy) is 1. The van der Waals surface area contributed by atoms with Crippen molar-refractivity contribution in [1.82, 2.24) is 9.78 Å². The first kappa shape index (κ1) is 12.6. The van der Waals surface area contributed by atoms with Crippen molar-refractivity contribution in [2.75, 3.05) is 6.61 Å². The number of aromatic amines is 1. The molecule has 0 fully saturated rings. The molecule has 0 aliphatic rings. The summed E-state index contributed by atoms with van der Waals surface area (Å²) < 4.78 is 6.02. The third-order valence-electron chi connectivity index (χ3n) is 2.47. The number of nitrogens with one attached hydrogen (secondary N) is 1. The molecule has 1 heterocycles. The summed E-state index contributed by atoms with van der Waals surface area (Å²) in [6.45, 7) is 1.93.